The first kappa shape index (κ1) is 20.4. The lowest BCUT2D eigenvalue weighted by atomic mass is 9.91. The monoisotopic (exact) mass is 410 g/mol. The lowest BCUT2D eigenvalue weighted by Crippen LogP contribution is -2.37. The first-order valence-electron chi connectivity index (χ1n) is 10.6. The van der Waals surface area contributed by atoms with Gasteiger partial charge in [0.05, 0.1) is 6.20 Å². The summed E-state index contributed by atoms with van der Waals surface area (Å²) in [6, 6.07) is 5.79. The smallest absolute Gasteiger partial charge is 0.410 e. The number of ether oxygens (including phenoxy) is 1. The topological polar surface area (TPSA) is 67.7 Å². The molecule has 1 saturated heterocycles. The Kier molecular flexibility index (Phi) is 5.30. The van der Waals surface area contributed by atoms with E-state index in [1.165, 1.54) is 5.56 Å². The fourth-order valence-corrected chi connectivity index (χ4v) is 4.23. The molecule has 2 amide bonds. The van der Waals surface area contributed by atoms with E-state index in [2.05, 4.69) is 11.3 Å². The van der Waals surface area contributed by atoms with E-state index in [1.807, 2.05) is 61.8 Å². The molecule has 1 aromatic carbocycles. The summed E-state index contributed by atoms with van der Waals surface area (Å²) in [4.78, 5) is 29.0. The molecule has 160 valence electrons. The van der Waals surface area contributed by atoms with Crippen LogP contribution < -0.4 is 0 Å². The fourth-order valence-electron chi connectivity index (χ4n) is 4.23. The molecule has 0 aliphatic carbocycles. The van der Waals surface area contributed by atoms with Gasteiger partial charge in [0, 0.05) is 45.0 Å². The quantitative estimate of drug-likeness (QED) is 0.757. The van der Waals surface area contributed by atoms with Crippen LogP contribution in [0.15, 0.2) is 30.6 Å². The highest BCUT2D eigenvalue weighted by atomic mass is 16.6. The van der Waals surface area contributed by atoms with Gasteiger partial charge in [-0.05, 0) is 68.4 Å². The van der Waals surface area contributed by atoms with Crippen LogP contribution in [0.1, 0.15) is 66.6 Å². The van der Waals surface area contributed by atoms with E-state index in [4.69, 9.17) is 4.74 Å². The molecule has 2 aliphatic rings. The average molecular weight is 411 g/mol. The molecule has 7 nitrogen and oxygen atoms in total. The highest BCUT2D eigenvalue weighted by Gasteiger charge is 2.30. The van der Waals surface area contributed by atoms with Gasteiger partial charge < -0.3 is 9.64 Å². The highest BCUT2D eigenvalue weighted by Crippen LogP contribution is 2.30. The maximum absolute atomic E-state index is 13.1. The lowest BCUT2D eigenvalue weighted by molar-refractivity contribution is 0.0241. The van der Waals surface area contributed by atoms with Crippen LogP contribution in [0.5, 0.6) is 0 Å². The van der Waals surface area contributed by atoms with Crippen LogP contribution in [0.4, 0.5) is 4.79 Å². The summed E-state index contributed by atoms with van der Waals surface area (Å²) in [7, 11) is 1.93. The van der Waals surface area contributed by atoms with Gasteiger partial charge in [-0.1, -0.05) is 6.07 Å². The molecular weight excluding hydrogens is 380 g/mol. The van der Waals surface area contributed by atoms with E-state index >= 15 is 0 Å². The molecule has 3 heterocycles. The molecule has 0 unspecified atom stereocenters. The van der Waals surface area contributed by atoms with E-state index in [-0.39, 0.29) is 12.0 Å². The van der Waals surface area contributed by atoms with Crippen molar-refractivity contribution < 1.29 is 14.3 Å². The number of hydrogen-bond donors (Lipinski definition) is 0. The molecule has 1 fully saturated rings. The molecule has 0 bridgehead atoms. The van der Waals surface area contributed by atoms with Crippen molar-refractivity contribution in [2.24, 2.45) is 7.05 Å². The van der Waals surface area contributed by atoms with Gasteiger partial charge in [0.1, 0.15) is 5.60 Å². The second-order valence-electron chi connectivity index (χ2n) is 9.33. The number of hydrogen-bond acceptors (Lipinski definition) is 4. The SMILES string of the molecule is Cn1cc(C2CCN(C(=O)c3ccc4c(c3)CN(C(=O)OC(C)(C)C)C4)CC2)cn1. The molecule has 0 saturated carbocycles. The predicted molar refractivity (Wildman–Crippen MR) is 113 cm³/mol. The molecule has 0 N–H and O–H groups in total. The first-order chi connectivity index (χ1) is 14.2. The summed E-state index contributed by atoms with van der Waals surface area (Å²) >= 11 is 0. The largest absolute Gasteiger partial charge is 0.444 e. The minimum Gasteiger partial charge on any atom is -0.444 e. The molecule has 30 heavy (non-hydrogen) atoms. The summed E-state index contributed by atoms with van der Waals surface area (Å²) in [5, 5.41) is 4.26. The number of fused-ring (bicyclic) bond motifs is 1. The van der Waals surface area contributed by atoms with Crippen LogP contribution in [0, 0.1) is 0 Å². The second-order valence-corrected chi connectivity index (χ2v) is 9.33. The lowest BCUT2D eigenvalue weighted by Gasteiger charge is -2.31. The van der Waals surface area contributed by atoms with Gasteiger partial charge >= 0.3 is 6.09 Å². The van der Waals surface area contributed by atoms with Crippen molar-refractivity contribution >= 4 is 12.0 Å². The summed E-state index contributed by atoms with van der Waals surface area (Å²) < 4.78 is 7.31. The van der Waals surface area contributed by atoms with Crippen molar-refractivity contribution in [2.45, 2.75) is 58.2 Å². The van der Waals surface area contributed by atoms with Crippen LogP contribution in [0.25, 0.3) is 0 Å². The van der Waals surface area contributed by atoms with Crippen LogP contribution in [-0.4, -0.2) is 50.3 Å². The minimum atomic E-state index is -0.519. The van der Waals surface area contributed by atoms with E-state index in [0.717, 1.165) is 37.1 Å². The number of aromatic nitrogens is 2. The van der Waals surface area contributed by atoms with E-state index in [0.29, 0.717) is 24.6 Å². The molecule has 4 rings (SSSR count). The minimum absolute atomic E-state index is 0.0677. The third-order valence-electron chi connectivity index (χ3n) is 5.81. The summed E-state index contributed by atoms with van der Waals surface area (Å²) in [6.07, 6.45) is 5.59. The third-order valence-corrected chi connectivity index (χ3v) is 5.81. The molecule has 0 radical (unpaired) electrons. The van der Waals surface area contributed by atoms with Gasteiger partial charge in [-0.2, -0.15) is 5.10 Å². The van der Waals surface area contributed by atoms with Crippen molar-refractivity contribution in [1.29, 1.82) is 0 Å². The molecule has 7 heteroatoms. The van der Waals surface area contributed by atoms with Gasteiger partial charge in [0.25, 0.3) is 5.91 Å². The summed E-state index contributed by atoms with van der Waals surface area (Å²) in [5.41, 5.74) is 3.53. The number of aryl methyl sites for hydroxylation is 1. The van der Waals surface area contributed by atoms with Gasteiger partial charge in [-0.25, -0.2) is 4.79 Å². The number of piperidine rings is 1. The number of carbonyl (C=O) groups is 2. The Morgan fingerprint density at radius 3 is 2.40 bits per heavy atom. The summed E-state index contributed by atoms with van der Waals surface area (Å²) in [5.74, 6) is 0.531. The molecule has 0 atom stereocenters. The molecule has 2 aromatic rings. The number of carbonyl (C=O) groups excluding carboxylic acids is 2. The molecule has 2 aliphatic heterocycles. The predicted octanol–water partition coefficient (Wildman–Crippen LogP) is 3.69. The van der Waals surface area contributed by atoms with Crippen LogP contribution in [0.2, 0.25) is 0 Å². The van der Waals surface area contributed by atoms with Gasteiger partial charge in [0.15, 0.2) is 0 Å². The van der Waals surface area contributed by atoms with Gasteiger partial charge in [-0.15, -0.1) is 0 Å². The Morgan fingerprint density at radius 1 is 1.07 bits per heavy atom. The van der Waals surface area contributed by atoms with E-state index < -0.39 is 5.60 Å². The number of rotatable bonds is 2. The van der Waals surface area contributed by atoms with Crippen LogP contribution >= 0.6 is 0 Å². The van der Waals surface area contributed by atoms with Crippen molar-refractivity contribution in [2.75, 3.05) is 13.1 Å². The number of nitrogens with zero attached hydrogens (tertiary/aromatic N) is 4. The zero-order valence-electron chi connectivity index (χ0n) is 18.2. The van der Waals surface area contributed by atoms with Gasteiger partial charge in [-0.3, -0.25) is 14.4 Å². The van der Waals surface area contributed by atoms with E-state index in [1.54, 1.807) is 4.90 Å². The van der Waals surface area contributed by atoms with Gasteiger partial charge in [0.2, 0.25) is 0 Å². The Morgan fingerprint density at radius 2 is 1.77 bits per heavy atom. The normalized spacial score (nSPS) is 17.2. The van der Waals surface area contributed by atoms with Crippen molar-refractivity contribution in [3.8, 4) is 0 Å². The van der Waals surface area contributed by atoms with Crippen LogP contribution in [0.3, 0.4) is 0 Å². The zero-order chi connectivity index (χ0) is 21.5. The average Bonchev–Trinajstić information content (AvgIpc) is 3.32. The molecular formula is C23H30N4O3. The third kappa shape index (κ3) is 4.35. The number of likely N-dealkylation sites (tertiary alicyclic amines) is 1. The van der Waals surface area contributed by atoms with Crippen molar-refractivity contribution in [3.63, 3.8) is 0 Å². The van der Waals surface area contributed by atoms with E-state index in [9.17, 15) is 9.59 Å². The first-order valence-corrected chi connectivity index (χ1v) is 10.6. The second kappa shape index (κ2) is 7.78. The molecule has 1 aromatic heterocycles. The summed E-state index contributed by atoms with van der Waals surface area (Å²) in [6.45, 7) is 8.09. The Labute approximate surface area is 177 Å². The van der Waals surface area contributed by atoms with Crippen molar-refractivity contribution in [1.82, 2.24) is 19.6 Å². The van der Waals surface area contributed by atoms with Crippen molar-refractivity contribution in [3.05, 3.63) is 52.8 Å². The fraction of sp³-hybridized carbons (Fsp3) is 0.522. The number of benzene rings is 1. The zero-order valence-corrected chi connectivity index (χ0v) is 18.2. The Hall–Kier alpha value is -2.83. The highest BCUT2D eigenvalue weighted by molar-refractivity contribution is 5.94. The molecule has 0 spiro atoms. The Balaban J connectivity index is 1.38. The number of amides is 2. The maximum Gasteiger partial charge on any atom is 0.410 e. The standard InChI is InChI=1S/C23H30N4O3/c1-23(2,3)30-22(29)27-14-18-6-5-17(11-19(18)15-27)21(28)26-9-7-16(8-10-26)20-12-24-25(4)13-20/h5-6,11-13,16H,7-10,14-15H2,1-4H3. The maximum atomic E-state index is 13.1. The van der Waals surface area contributed by atoms with Crippen LogP contribution in [-0.2, 0) is 24.9 Å². The Bertz CT molecular complexity index is 952.